The molecular formula is C27H47N5O5. The lowest BCUT2D eigenvalue weighted by atomic mass is 10.1. The molecule has 0 aliphatic carbocycles. The Bertz CT molecular complexity index is 834. The largest absolute Gasteiger partial charge is 0.444 e. The second-order valence-corrected chi connectivity index (χ2v) is 11.5. The van der Waals surface area contributed by atoms with Crippen molar-refractivity contribution in [2.75, 3.05) is 26.2 Å². The zero-order chi connectivity index (χ0) is 28.1. The van der Waals surface area contributed by atoms with Gasteiger partial charge in [-0.25, -0.2) is 14.4 Å². The maximum Gasteiger partial charge on any atom is 0.407 e. The predicted molar refractivity (Wildman–Crippen MR) is 144 cm³/mol. The Morgan fingerprint density at radius 3 is 2.11 bits per heavy atom. The van der Waals surface area contributed by atoms with E-state index in [4.69, 9.17) is 9.47 Å². The van der Waals surface area contributed by atoms with E-state index >= 15 is 0 Å². The van der Waals surface area contributed by atoms with Crippen LogP contribution in [0.2, 0.25) is 0 Å². The molecule has 3 N–H and O–H groups in total. The Kier molecular flexibility index (Phi) is 13.2. The van der Waals surface area contributed by atoms with Crippen LogP contribution < -0.4 is 16.0 Å². The van der Waals surface area contributed by atoms with Gasteiger partial charge in [0.2, 0.25) is 0 Å². The van der Waals surface area contributed by atoms with E-state index in [1.807, 2.05) is 12.1 Å². The smallest absolute Gasteiger partial charge is 0.407 e. The van der Waals surface area contributed by atoms with Crippen LogP contribution in [0.25, 0.3) is 0 Å². The van der Waals surface area contributed by atoms with E-state index in [0.29, 0.717) is 19.0 Å². The molecule has 0 saturated heterocycles. The summed E-state index contributed by atoms with van der Waals surface area (Å²) < 4.78 is 10.7. The van der Waals surface area contributed by atoms with Crippen molar-refractivity contribution in [1.29, 1.82) is 0 Å². The summed E-state index contributed by atoms with van der Waals surface area (Å²) in [5, 5.41) is 8.47. The summed E-state index contributed by atoms with van der Waals surface area (Å²) in [7, 11) is 0. The summed E-state index contributed by atoms with van der Waals surface area (Å²) in [5.74, 6) is 0.388. The van der Waals surface area contributed by atoms with E-state index in [-0.39, 0.29) is 19.1 Å². The van der Waals surface area contributed by atoms with E-state index in [1.165, 1.54) is 0 Å². The number of nitrogens with zero attached hydrogens (tertiary/aromatic N) is 2. The maximum atomic E-state index is 13.1. The maximum absolute atomic E-state index is 13.1. The molecule has 0 aliphatic rings. The first kappa shape index (κ1) is 32.0. The van der Waals surface area contributed by atoms with Gasteiger partial charge in [0, 0.05) is 38.6 Å². The molecule has 10 heteroatoms. The van der Waals surface area contributed by atoms with Crippen LogP contribution in [0.5, 0.6) is 0 Å². The molecule has 4 amide bonds. The topological polar surface area (TPSA) is 122 Å². The molecule has 1 heterocycles. The van der Waals surface area contributed by atoms with Crippen molar-refractivity contribution in [3.63, 3.8) is 0 Å². The van der Waals surface area contributed by atoms with Crippen LogP contribution in [0.1, 0.15) is 73.8 Å². The van der Waals surface area contributed by atoms with Crippen molar-refractivity contribution in [1.82, 2.24) is 25.8 Å². The average molecular weight is 522 g/mol. The molecule has 0 bridgehead atoms. The molecule has 10 nitrogen and oxygen atoms in total. The zero-order valence-corrected chi connectivity index (χ0v) is 23.8. The minimum absolute atomic E-state index is 0.0711. The lowest BCUT2D eigenvalue weighted by Crippen LogP contribution is -2.54. The number of alkyl carbamates (subject to hydrolysis) is 2. The zero-order valence-electron chi connectivity index (χ0n) is 23.8. The fourth-order valence-corrected chi connectivity index (χ4v) is 3.26. The number of pyridine rings is 1. The minimum atomic E-state index is -0.684. The fraction of sp³-hybridized carbons (Fsp3) is 0.704. The highest BCUT2D eigenvalue weighted by molar-refractivity contribution is 5.74. The van der Waals surface area contributed by atoms with Crippen LogP contribution in [-0.2, 0) is 15.9 Å². The number of hydrogen-bond acceptors (Lipinski definition) is 6. The number of carbonyl (C=O) groups excluding carboxylic acids is 3. The summed E-state index contributed by atoms with van der Waals surface area (Å²) in [4.78, 5) is 43.5. The van der Waals surface area contributed by atoms with Crippen LogP contribution in [-0.4, -0.2) is 71.5 Å². The molecule has 1 unspecified atom stereocenters. The summed E-state index contributed by atoms with van der Waals surface area (Å²) in [6, 6.07) is 3.11. The van der Waals surface area contributed by atoms with Crippen LogP contribution in [0.3, 0.4) is 0 Å². The van der Waals surface area contributed by atoms with Crippen LogP contribution in [0, 0.1) is 5.92 Å². The summed E-state index contributed by atoms with van der Waals surface area (Å²) in [6.45, 7) is 16.1. The second-order valence-electron chi connectivity index (χ2n) is 11.5. The Balaban J connectivity index is 2.84. The molecule has 0 spiro atoms. The Morgan fingerprint density at radius 1 is 0.946 bits per heavy atom. The molecule has 0 fully saturated rings. The quantitative estimate of drug-likeness (QED) is 0.349. The fourth-order valence-electron chi connectivity index (χ4n) is 3.26. The third-order valence-electron chi connectivity index (χ3n) is 4.98. The molecule has 1 atom stereocenters. The highest BCUT2D eigenvalue weighted by Crippen LogP contribution is 2.09. The van der Waals surface area contributed by atoms with Gasteiger partial charge in [0.1, 0.15) is 11.2 Å². The van der Waals surface area contributed by atoms with Gasteiger partial charge >= 0.3 is 18.2 Å². The highest BCUT2D eigenvalue weighted by atomic mass is 16.6. The van der Waals surface area contributed by atoms with Gasteiger partial charge in [0.25, 0.3) is 0 Å². The van der Waals surface area contributed by atoms with E-state index in [1.54, 1.807) is 58.8 Å². The number of ether oxygens (including phenoxy) is 2. The number of rotatable bonds is 12. The van der Waals surface area contributed by atoms with E-state index < -0.39 is 29.4 Å². The van der Waals surface area contributed by atoms with Crippen molar-refractivity contribution < 1.29 is 23.9 Å². The molecule has 0 aliphatic heterocycles. The van der Waals surface area contributed by atoms with Gasteiger partial charge in [-0.15, -0.1) is 0 Å². The molecule has 210 valence electrons. The number of aryl methyl sites for hydroxylation is 1. The molecular weight excluding hydrogens is 474 g/mol. The first-order valence-corrected chi connectivity index (χ1v) is 13.0. The molecule has 1 aromatic rings. The van der Waals surface area contributed by atoms with Gasteiger partial charge in [-0.05, 0) is 84.4 Å². The molecule has 0 saturated carbocycles. The van der Waals surface area contributed by atoms with E-state index in [2.05, 4.69) is 34.8 Å². The number of amides is 4. The number of urea groups is 1. The van der Waals surface area contributed by atoms with Crippen LogP contribution in [0.15, 0.2) is 24.5 Å². The third kappa shape index (κ3) is 16.3. The van der Waals surface area contributed by atoms with Gasteiger partial charge in [-0.3, -0.25) is 4.98 Å². The normalized spacial score (nSPS) is 12.5. The predicted octanol–water partition coefficient (Wildman–Crippen LogP) is 4.49. The molecule has 37 heavy (non-hydrogen) atoms. The number of aromatic nitrogens is 1. The van der Waals surface area contributed by atoms with Crippen molar-refractivity contribution in [3.05, 3.63) is 30.1 Å². The van der Waals surface area contributed by atoms with Gasteiger partial charge in [-0.1, -0.05) is 13.8 Å². The summed E-state index contributed by atoms with van der Waals surface area (Å²) in [6.07, 6.45) is 4.70. The van der Waals surface area contributed by atoms with Crippen molar-refractivity contribution in [2.45, 2.75) is 91.9 Å². The number of nitrogens with one attached hydrogen (secondary N) is 3. The molecule has 1 aromatic heterocycles. The van der Waals surface area contributed by atoms with Gasteiger partial charge in [-0.2, -0.15) is 0 Å². The monoisotopic (exact) mass is 521 g/mol. The van der Waals surface area contributed by atoms with Gasteiger partial charge in [0.15, 0.2) is 0 Å². The third-order valence-corrected chi connectivity index (χ3v) is 4.98. The first-order valence-electron chi connectivity index (χ1n) is 13.0. The molecule has 0 aromatic carbocycles. The first-order chi connectivity index (χ1) is 17.1. The SMILES string of the molecule is CC(C)CCN(CC(CNC(=O)OC(C)(C)C)NC(=O)OC(C)(C)C)C(=O)NCCCc1ccncc1. The molecule has 1 rings (SSSR count). The number of carbonyl (C=O) groups is 3. The van der Waals surface area contributed by atoms with E-state index in [0.717, 1.165) is 24.8 Å². The Hall–Kier alpha value is -3.04. The summed E-state index contributed by atoms with van der Waals surface area (Å²) >= 11 is 0. The van der Waals surface area contributed by atoms with Crippen molar-refractivity contribution >= 4 is 18.2 Å². The van der Waals surface area contributed by atoms with Crippen molar-refractivity contribution in [3.8, 4) is 0 Å². The minimum Gasteiger partial charge on any atom is -0.444 e. The number of hydrogen-bond donors (Lipinski definition) is 3. The van der Waals surface area contributed by atoms with Crippen LogP contribution >= 0.6 is 0 Å². The van der Waals surface area contributed by atoms with E-state index in [9.17, 15) is 14.4 Å². The van der Waals surface area contributed by atoms with Crippen LogP contribution in [0.4, 0.5) is 14.4 Å². The molecule has 0 radical (unpaired) electrons. The lowest BCUT2D eigenvalue weighted by Gasteiger charge is -2.30. The Morgan fingerprint density at radius 2 is 1.54 bits per heavy atom. The Labute approximate surface area is 222 Å². The second kappa shape index (κ2) is 15.3. The van der Waals surface area contributed by atoms with Gasteiger partial charge in [0.05, 0.1) is 6.04 Å². The van der Waals surface area contributed by atoms with Gasteiger partial charge < -0.3 is 30.3 Å². The standard InChI is InChI=1S/C27H47N5O5/c1-20(2)13-17-32(23(33)29-14-9-10-21-11-15-28-16-12-21)19-22(31-25(35)37-27(6,7)8)18-30-24(34)36-26(3,4)5/h11-12,15-16,20,22H,9-10,13-14,17-19H2,1-8H3,(H,29,33)(H,30,34)(H,31,35). The highest BCUT2D eigenvalue weighted by Gasteiger charge is 2.25. The average Bonchev–Trinajstić information content (AvgIpc) is 2.75. The lowest BCUT2D eigenvalue weighted by molar-refractivity contribution is 0.0453. The van der Waals surface area contributed by atoms with Crippen molar-refractivity contribution in [2.24, 2.45) is 5.92 Å². The summed E-state index contributed by atoms with van der Waals surface area (Å²) in [5.41, 5.74) is -0.176.